The van der Waals surface area contributed by atoms with E-state index >= 15 is 0 Å². The van der Waals surface area contributed by atoms with Crippen molar-refractivity contribution in [2.24, 2.45) is 0 Å². The van der Waals surface area contributed by atoms with E-state index in [2.05, 4.69) is 0 Å². The van der Waals surface area contributed by atoms with Gasteiger partial charge in [0, 0.05) is 4.88 Å². The normalized spacial score (nSPS) is 13.0. The first kappa shape index (κ1) is 8.56. The molecule has 2 nitrogen and oxygen atoms in total. The molecule has 0 amide bonds. The predicted molar refractivity (Wildman–Crippen MR) is 46.1 cm³/mol. The standard InChI is InChI=1S/C8H12O2S/c1-3-6(9)7-4-5-8(10-2)11-7/h4-6,9H,3H2,1-2H3/t6-/m1/s1. The number of aliphatic hydroxyl groups excluding tert-OH is 1. The van der Waals surface area contributed by atoms with Gasteiger partial charge in [-0.1, -0.05) is 6.92 Å². The van der Waals surface area contributed by atoms with Gasteiger partial charge in [0.2, 0.25) is 0 Å². The molecule has 3 heteroatoms. The van der Waals surface area contributed by atoms with Crippen molar-refractivity contribution in [3.05, 3.63) is 17.0 Å². The van der Waals surface area contributed by atoms with Gasteiger partial charge in [-0.05, 0) is 18.6 Å². The molecule has 62 valence electrons. The molecule has 0 saturated heterocycles. The van der Waals surface area contributed by atoms with Crippen LogP contribution in [-0.4, -0.2) is 12.2 Å². The lowest BCUT2D eigenvalue weighted by molar-refractivity contribution is 0.177. The van der Waals surface area contributed by atoms with Crippen LogP contribution in [0.1, 0.15) is 24.3 Å². The van der Waals surface area contributed by atoms with Crippen molar-refractivity contribution in [2.75, 3.05) is 7.11 Å². The van der Waals surface area contributed by atoms with Crippen LogP contribution >= 0.6 is 11.3 Å². The number of aliphatic hydroxyl groups is 1. The summed E-state index contributed by atoms with van der Waals surface area (Å²) >= 11 is 1.49. The molecule has 0 aliphatic carbocycles. The van der Waals surface area contributed by atoms with E-state index in [1.165, 1.54) is 11.3 Å². The van der Waals surface area contributed by atoms with Crippen LogP contribution in [0.5, 0.6) is 5.06 Å². The van der Waals surface area contributed by atoms with E-state index < -0.39 is 0 Å². The van der Waals surface area contributed by atoms with Gasteiger partial charge in [-0.15, -0.1) is 11.3 Å². The highest BCUT2D eigenvalue weighted by atomic mass is 32.1. The maximum absolute atomic E-state index is 9.39. The van der Waals surface area contributed by atoms with Crippen LogP contribution < -0.4 is 4.74 Å². The van der Waals surface area contributed by atoms with Gasteiger partial charge < -0.3 is 9.84 Å². The Kier molecular flexibility index (Phi) is 2.91. The molecular formula is C8H12O2S. The first-order chi connectivity index (χ1) is 5.27. The summed E-state index contributed by atoms with van der Waals surface area (Å²) in [6, 6.07) is 3.77. The Morgan fingerprint density at radius 2 is 2.36 bits per heavy atom. The molecule has 0 spiro atoms. The zero-order chi connectivity index (χ0) is 8.27. The van der Waals surface area contributed by atoms with Crippen molar-refractivity contribution in [2.45, 2.75) is 19.4 Å². The number of methoxy groups -OCH3 is 1. The summed E-state index contributed by atoms with van der Waals surface area (Å²) in [4.78, 5) is 0.976. The van der Waals surface area contributed by atoms with Gasteiger partial charge in [-0.3, -0.25) is 0 Å². The summed E-state index contributed by atoms with van der Waals surface area (Å²) in [5.74, 6) is 0. The molecule has 1 aromatic heterocycles. The number of rotatable bonds is 3. The molecular weight excluding hydrogens is 160 g/mol. The van der Waals surface area contributed by atoms with Crippen LogP contribution in [0, 0.1) is 0 Å². The van der Waals surface area contributed by atoms with Gasteiger partial charge in [0.05, 0.1) is 13.2 Å². The third kappa shape index (κ3) is 1.94. The smallest absolute Gasteiger partial charge is 0.173 e. The van der Waals surface area contributed by atoms with Crippen molar-refractivity contribution in [3.8, 4) is 5.06 Å². The van der Waals surface area contributed by atoms with Crippen LogP contribution in [0.3, 0.4) is 0 Å². The third-order valence-corrected chi connectivity index (χ3v) is 2.67. The van der Waals surface area contributed by atoms with E-state index in [0.717, 1.165) is 16.4 Å². The second-order valence-corrected chi connectivity index (χ2v) is 3.36. The van der Waals surface area contributed by atoms with E-state index in [9.17, 15) is 5.11 Å². The average molecular weight is 172 g/mol. The average Bonchev–Trinajstić information content (AvgIpc) is 2.50. The summed E-state index contributed by atoms with van der Waals surface area (Å²) in [6.07, 6.45) is 0.424. The van der Waals surface area contributed by atoms with Crippen LogP contribution in [-0.2, 0) is 0 Å². The first-order valence-corrected chi connectivity index (χ1v) is 4.41. The lowest BCUT2D eigenvalue weighted by Gasteiger charge is -2.01. The SMILES string of the molecule is CC[C@@H](O)c1ccc(OC)s1. The topological polar surface area (TPSA) is 29.5 Å². The molecule has 1 aromatic rings. The van der Waals surface area contributed by atoms with Gasteiger partial charge in [0.25, 0.3) is 0 Å². The summed E-state index contributed by atoms with van der Waals surface area (Å²) < 4.78 is 5.00. The van der Waals surface area contributed by atoms with Crippen LogP contribution in [0.15, 0.2) is 12.1 Å². The fraction of sp³-hybridized carbons (Fsp3) is 0.500. The molecule has 0 saturated carbocycles. The Bertz CT molecular complexity index is 220. The molecule has 0 aromatic carbocycles. The molecule has 0 fully saturated rings. The molecule has 1 rings (SSSR count). The maximum Gasteiger partial charge on any atom is 0.173 e. The summed E-state index contributed by atoms with van der Waals surface area (Å²) in [5, 5.41) is 10.2. The Morgan fingerprint density at radius 1 is 1.64 bits per heavy atom. The van der Waals surface area contributed by atoms with Crippen LogP contribution in [0.25, 0.3) is 0 Å². The highest BCUT2D eigenvalue weighted by Crippen LogP contribution is 2.29. The number of hydrogen-bond acceptors (Lipinski definition) is 3. The quantitative estimate of drug-likeness (QED) is 0.757. The Balaban J connectivity index is 2.71. The van der Waals surface area contributed by atoms with E-state index in [4.69, 9.17) is 4.74 Å². The third-order valence-electron chi connectivity index (χ3n) is 1.52. The molecule has 0 radical (unpaired) electrons. The molecule has 0 bridgehead atoms. The molecule has 0 aliphatic rings. The Hall–Kier alpha value is -0.540. The summed E-state index contributed by atoms with van der Waals surface area (Å²) in [6.45, 7) is 1.96. The largest absolute Gasteiger partial charge is 0.487 e. The highest BCUT2D eigenvalue weighted by molar-refractivity contribution is 7.13. The van der Waals surface area contributed by atoms with Crippen molar-refractivity contribution < 1.29 is 9.84 Å². The van der Waals surface area contributed by atoms with Crippen molar-refractivity contribution in [1.29, 1.82) is 0 Å². The fourth-order valence-corrected chi connectivity index (χ4v) is 1.71. The van der Waals surface area contributed by atoms with E-state index in [-0.39, 0.29) is 6.10 Å². The minimum Gasteiger partial charge on any atom is -0.487 e. The lowest BCUT2D eigenvalue weighted by Crippen LogP contribution is -1.89. The van der Waals surface area contributed by atoms with Gasteiger partial charge in [0.1, 0.15) is 0 Å². The fourth-order valence-electron chi connectivity index (χ4n) is 0.824. The van der Waals surface area contributed by atoms with Gasteiger partial charge in [0.15, 0.2) is 5.06 Å². The molecule has 1 N–H and O–H groups in total. The monoisotopic (exact) mass is 172 g/mol. The van der Waals surface area contributed by atoms with E-state index in [1.54, 1.807) is 7.11 Å². The first-order valence-electron chi connectivity index (χ1n) is 3.59. The number of ether oxygens (including phenoxy) is 1. The van der Waals surface area contributed by atoms with Crippen molar-refractivity contribution in [3.63, 3.8) is 0 Å². The van der Waals surface area contributed by atoms with Gasteiger partial charge in [-0.25, -0.2) is 0 Å². The lowest BCUT2D eigenvalue weighted by atomic mass is 10.2. The molecule has 11 heavy (non-hydrogen) atoms. The zero-order valence-corrected chi connectivity index (χ0v) is 7.52. The molecule has 0 aliphatic heterocycles. The number of hydrogen-bond donors (Lipinski definition) is 1. The Morgan fingerprint density at radius 3 is 2.82 bits per heavy atom. The van der Waals surface area contributed by atoms with Crippen molar-refractivity contribution in [1.82, 2.24) is 0 Å². The van der Waals surface area contributed by atoms with E-state index in [1.807, 2.05) is 19.1 Å². The van der Waals surface area contributed by atoms with Gasteiger partial charge >= 0.3 is 0 Å². The maximum atomic E-state index is 9.39. The second kappa shape index (κ2) is 3.74. The summed E-state index contributed by atoms with van der Waals surface area (Å²) in [7, 11) is 1.63. The zero-order valence-electron chi connectivity index (χ0n) is 6.70. The number of thiophene rings is 1. The molecule has 0 unspecified atom stereocenters. The van der Waals surface area contributed by atoms with Crippen molar-refractivity contribution >= 4 is 11.3 Å². The summed E-state index contributed by atoms with van der Waals surface area (Å²) in [5.41, 5.74) is 0. The predicted octanol–water partition coefficient (Wildman–Crippen LogP) is 2.20. The van der Waals surface area contributed by atoms with Crippen LogP contribution in [0.4, 0.5) is 0 Å². The second-order valence-electron chi connectivity index (χ2n) is 2.28. The van der Waals surface area contributed by atoms with Crippen LogP contribution in [0.2, 0.25) is 0 Å². The minimum absolute atomic E-state index is 0.330. The molecule has 1 heterocycles. The molecule has 1 atom stereocenters. The highest BCUT2D eigenvalue weighted by Gasteiger charge is 2.07. The van der Waals surface area contributed by atoms with Gasteiger partial charge in [-0.2, -0.15) is 0 Å². The minimum atomic E-state index is -0.330. The Labute approximate surface area is 70.4 Å². The van der Waals surface area contributed by atoms with E-state index in [0.29, 0.717) is 0 Å².